The summed E-state index contributed by atoms with van der Waals surface area (Å²) < 4.78 is 29.4. The molecule has 0 fully saturated rings. The molecule has 0 atom stereocenters. The molecule has 0 spiro atoms. The van der Waals surface area contributed by atoms with Crippen LogP contribution in [0.15, 0.2) is 43.1 Å². The zero-order chi connectivity index (χ0) is 15.8. The minimum absolute atomic E-state index is 0.640. The molecule has 5 nitrogen and oxygen atoms in total. The molecule has 0 saturated heterocycles. The molecular formula is C15H12N5+. The Morgan fingerprint density at radius 2 is 2.25 bits per heavy atom. The van der Waals surface area contributed by atoms with Gasteiger partial charge in [-0.1, -0.05) is 0 Å². The van der Waals surface area contributed by atoms with Gasteiger partial charge < -0.3 is 0 Å². The summed E-state index contributed by atoms with van der Waals surface area (Å²) in [6.45, 7) is -1.63. The van der Waals surface area contributed by atoms with Gasteiger partial charge >= 0.3 is 0 Å². The van der Waals surface area contributed by atoms with E-state index >= 15 is 0 Å². The first kappa shape index (κ1) is 7.79. The summed E-state index contributed by atoms with van der Waals surface area (Å²) in [6.07, 6.45) is 8.78. The van der Waals surface area contributed by atoms with E-state index in [0.717, 1.165) is 22.3 Å². The normalized spacial score (nSPS) is 15.9. The zero-order valence-corrected chi connectivity index (χ0v) is 10.5. The zero-order valence-electron chi connectivity index (χ0n) is 13.5. The van der Waals surface area contributed by atoms with Gasteiger partial charge in [-0.3, -0.25) is 14.5 Å². The lowest BCUT2D eigenvalue weighted by Crippen LogP contribution is -2.32. The van der Waals surface area contributed by atoms with Gasteiger partial charge in [0.05, 0.1) is 41.8 Å². The van der Waals surface area contributed by atoms with Crippen molar-refractivity contribution in [3.05, 3.63) is 48.7 Å². The van der Waals surface area contributed by atoms with Crippen molar-refractivity contribution in [2.24, 2.45) is 6.98 Å². The second-order valence-corrected chi connectivity index (χ2v) is 5.00. The van der Waals surface area contributed by atoms with Gasteiger partial charge in [-0.15, -0.1) is 0 Å². The van der Waals surface area contributed by atoms with Crippen LogP contribution < -0.4 is 4.57 Å². The lowest BCUT2D eigenvalue weighted by atomic mass is 10.2. The number of pyridine rings is 1. The fourth-order valence-corrected chi connectivity index (χ4v) is 3.12. The Morgan fingerprint density at radius 1 is 1.30 bits per heavy atom. The molecule has 0 amide bonds. The van der Waals surface area contributed by atoms with Crippen LogP contribution in [-0.4, -0.2) is 18.9 Å². The second kappa shape index (κ2) is 3.25. The lowest BCUT2D eigenvalue weighted by Gasteiger charge is -1.95. The molecule has 0 radical (unpaired) electrons. The van der Waals surface area contributed by atoms with Crippen molar-refractivity contribution in [1.82, 2.24) is 18.9 Å². The molecule has 0 aliphatic carbocycles. The van der Waals surface area contributed by atoms with E-state index in [1.54, 1.807) is 24.8 Å². The number of aromatic nitrogens is 5. The fourth-order valence-electron chi connectivity index (χ4n) is 3.12. The van der Waals surface area contributed by atoms with Gasteiger partial charge in [-0.25, -0.2) is 8.97 Å². The molecule has 1 aliphatic rings. The van der Waals surface area contributed by atoms with Gasteiger partial charge in [-0.2, -0.15) is 0 Å². The molecule has 0 bridgehead atoms. The molecular weight excluding hydrogens is 250 g/mol. The topological polar surface area (TPSA) is 39.0 Å². The van der Waals surface area contributed by atoms with E-state index in [4.69, 9.17) is 4.11 Å². The fraction of sp³-hybridized carbons (Fsp3) is 0.133. The molecule has 0 saturated carbocycles. The van der Waals surface area contributed by atoms with Crippen molar-refractivity contribution in [1.29, 1.82) is 0 Å². The minimum atomic E-state index is -2.27. The number of aryl methyl sites for hydroxylation is 1. The van der Waals surface area contributed by atoms with Crippen molar-refractivity contribution in [2.45, 2.75) is 6.54 Å². The van der Waals surface area contributed by atoms with Crippen molar-refractivity contribution in [3.8, 4) is 11.4 Å². The van der Waals surface area contributed by atoms with Gasteiger partial charge in [0.25, 0.3) is 5.65 Å². The van der Waals surface area contributed by atoms with E-state index in [2.05, 4.69) is 9.97 Å². The van der Waals surface area contributed by atoms with Crippen LogP contribution in [0.25, 0.3) is 28.1 Å². The van der Waals surface area contributed by atoms with Crippen molar-refractivity contribution in [2.75, 3.05) is 0 Å². The summed E-state index contributed by atoms with van der Waals surface area (Å²) in [5, 5.41) is 0. The number of rotatable bonds is 0. The molecule has 0 N–H and O–H groups in total. The Kier molecular flexibility index (Phi) is 1.27. The third-order valence-corrected chi connectivity index (χ3v) is 3.97. The molecule has 5 heteroatoms. The van der Waals surface area contributed by atoms with Gasteiger partial charge in [0.15, 0.2) is 5.52 Å². The number of hydrogen-bond acceptors (Lipinski definition) is 2. The van der Waals surface area contributed by atoms with Gasteiger partial charge in [-0.05, 0) is 6.07 Å². The monoisotopic (exact) mass is 265 g/mol. The first-order valence-corrected chi connectivity index (χ1v) is 6.39. The molecule has 0 aromatic carbocycles. The van der Waals surface area contributed by atoms with E-state index in [1.807, 2.05) is 27.3 Å². The first-order chi connectivity index (χ1) is 11.1. The molecule has 4 aromatic heterocycles. The van der Waals surface area contributed by atoms with E-state index in [-0.39, 0.29) is 0 Å². The number of fused-ring (bicyclic) bond motifs is 7. The van der Waals surface area contributed by atoms with Gasteiger partial charge in [0.1, 0.15) is 5.52 Å². The SMILES string of the molecule is [2H]C([2H])([2H])n1c2[n+](c3c1cc1cnccn13)Cc1ccncc1-2. The van der Waals surface area contributed by atoms with E-state index in [0.29, 0.717) is 17.9 Å². The maximum absolute atomic E-state index is 7.99. The summed E-state index contributed by atoms with van der Waals surface area (Å²) in [4.78, 5) is 8.29. The highest BCUT2D eigenvalue weighted by Crippen LogP contribution is 2.30. The third kappa shape index (κ3) is 1.02. The third-order valence-electron chi connectivity index (χ3n) is 3.97. The van der Waals surface area contributed by atoms with Crippen molar-refractivity contribution in [3.63, 3.8) is 0 Å². The minimum Gasteiger partial charge on any atom is -0.264 e. The number of nitrogens with zero attached hydrogens (tertiary/aromatic N) is 5. The van der Waals surface area contributed by atoms with Crippen LogP contribution in [-0.2, 0) is 13.5 Å². The van der Waals surface area contributed by atoms with E-state index in [9.17, 15) is 0 Å². The maximum Gasteiger partial charge on any atom is 0.273 e. The smallest absolute Gasteiger partial charge is 0.264 e. The van der Waals surface area contributed by atoms with Crippen LogP contribution in [0.1, 0.15) is 9.68 Å². The van der Waals surface area contributed by atoms with Crippen LogP contribution in [0.4, 0.5) is 0 Å². The predicted molar refractivity (Wildman–Crippen MR) is 74.2 cm³/mol. The summed E-state index contributed by atoms with van der Waals surface area (Å²) in [5.41, 5.74) is 4.38. The number of imidazole rings is 1. The average molecular weight is 265 g/mol. The van der Waals surface area contributed by atoms with Crippen LogP contribution in [0.3, 0.4) is 0 Å². The summed E-state index contributed by atoms with van der Waals surface area (Å²) in [7, 11) is 0. The van der Waals surface area contributed by atoms with E-state index in [1.165, 1.54) is 4.57 Å². The van der Waals surface area contributed by atoms with Crippen molar-refractivity contribution < 1.29 is 8.68 Å². The molecule has 5 rings (SSSR count). The number of hydrogen-bond donors (Lipinski definition) is 0. The van der Waals surface area contributed by atoms with Gasteiger partial charge in [0, 0.05) is 24.0 Å². The predicted octanol–water partition coefficient (Wildman–Crippen LogP) is 1.54. The molecule has 4 aromatic rings. The Bertz CT molecular complexity index is 1090. The maximum atomic E-state index is 7.99. The standard InChI is InChI=1S/C15H12N5/c1-18-13-6-11-7-17-4-5-19(11)15(13)20-9-10-2-3-16-8-12(10)14(18)20/h2-8H,9H2,1H3/q+1/i1D3. The highest BCUT2D eigenvalue weighted by molar-refractivity contribution is 5.82. The highest BCUT2D eigenvalue weighted by atomic mass is 15.2. The Hall–Kier alpha value is -2.69. The summed E-state index contributed by atoms with van der Waals surface area (Å²) in [6, 6.07) is 3.81. The van der Waals surface area contributed by atoms with Crippen LogP contribution in [0, 0.1) is 0 Å². The van der Waals surface area contributed by atoms with E-state index < -0.39 is 6.98 Å². The largest absolute Gasteiger partial charge is 0.273 e. The van der Waals surface area contributed by atoms with Crippen molar-refractivity contribution >= 4 is 16.7 Å². The molecule has 20 heavy (non-hydrogen) atoms. The Labute approximate surface area is 119 Å². The summed E-state index contributed by atoms with van der Waals surface area (Å²) >= 11 is 0. The Morgan fingerprint density at radius 3 is 3.20 bits per heavy atom. The molecule has 96 valence electrons. The molecule has 1 aliphatic heterocycles. The van der Waals surface area contributed by atoms with Crippen LogP contribution >= 0.6 is 0 Å². The Balaban J connectivity index is 2.01. The highest BCUT2D eigenvalue weighted by Gasteiger charge is 2.32. The second-order valence-electron chi connectivity index (χ2n) is 5.00. The van der Waals surface area contributed by atoms with Gasteiger partial charge in [0.2, 0.25) is 5.82 Å². The quantitative estimate of drug-likeness (QED) is 0.398. The van der Waals surface area contributed by atoms with Crippen LogP contribution in [0.2, 0.25) is 0 Å². The van der Waals surface area contributed by atoms with Crippen LogP contribution in [0.5, 0.6) is 0 Å². The first-order valence-electron chi connectivity index (χ1n) is 7.89. The summed E-state index contributed by atoms with van der Waals surface area (Å²) in [5.74, 6) is 0.685. The average Bonchev–Trinajstić information content (AvgIpc) is 3.12. The molecule has 0 unspecified atom stereocenters. The lowest BCUT2D eigenvalue weighted by molar-refractivity contribution is -0.648. The molecule has 5 heterocycles.